The predicted molar refractivity (Wildman–Crippen MR) is 90.3 cm³/mol. The number of hydrogen-bond donors (Lipinski definition) is 1. The van der Waals surface area contributed by atoms with Gasteiger partial charge in [-0.1, -0.05) is 18.2 Å². The molecule has 0 saturated heterocycles. The van der Waals surface area contributed by atoms with E-state index in [-0.39, 0.29) is 0 Å². The number of nitrogens with zero attached hydrogens (tertiary/aromatic N) is 1. The van der Waals surface area contributed by atoms with Crippen LogP contribution in [0, 0.1) is 13.8 Å². The van der Waals surface area contributed by atoms with Crippen molar-refractivity contribution in [3.63, 3.8) is 0 Å². The molecule has 0 unspecified atom stereocenters. The lowest BCUT2D eigenvalue weighted by Gasteiger charge is -2.21. The summed E-state index contributed by atoms with van der Waals surface area (Å²) >= 11 is 0. The molecule has 0 aromatic heterocycles. The molecule has 1 saturated carbocycles. The second-order valence-electron chi connectivity index (χ2n) is 6.16. The highest BCUT2D eigenvalue weighted by atomic mass is 15.1. The summed E-state index contributed by atoms with van der Waals surface area (Å²) in [5.74, 6) is 0. The fraction of sp³-hybridized carbons (Fsp3) is 0.368. The van der Waals surface area contributed by atoms with Crippen LogP contribution in [0.2, 0.25) is 0 Å². The maximum absolute atomic E-state index is 3.59. The van der Waals surface area contributed by atoms with Crippen LogP contribution in [-0.2, 0) is 6.54 Å². The van der Waals surface area contributed by atoms with Gasteiger partial charge in [-0.2, -0.15) is 0 Å². The van der Waals surface area contributed by atoms with Gasteiger partial charge in [0.15, 0.2) is 0 Å². The Morgan fingerprint density at radius 1 is 1.05 bits per heavy atom. The number of aryl methyl sites for hydroxylation is 2. The van der Waals surface area contributed by atoms with Gasteiger partial charge in [-0.3, -0.25) is 0 Å². The van der Waals surface area contributed by atoms with Gasteiger partial charge in [-0.25, -0.2) is 0 Å². The molecule has 110 valence electrons. The van der Waals surface area contributed by atoms with Crippen molar-refractivity contribution < 1.29 is 0 Å². The SMILES string of the molecule is Cc1cccc(N(C)c2ccc(CNC3CC3)c(C)c2)c1. The average molecular weight is 280 g/mol. The fourth-order valence-electron chi connectivity index (χ4n) is 2.61. The highest BCUT2D eigenvalue weighted by Gasteiger charge is 2.20. The quantitative estimate of drug-likeness (QED) is 0.877. The highest BCUT2D eigenvalue weighted by Crippen LogP contribution is 2.27. The Hall–Kier alpha value is -1.80. The van der Waals surface area contributed by atoms with Crippen molar-refractivity contribution in [3.8, 4) is 0 Å². The first-order chi connectivity index (χ1) is 10.1. The molecule has 2 aromatic rings. The van der Waals surface area contributed by atoms with E-state index in [1.54, 1.807) is 0 Å². The van der Waals surface area contributed by atoms with E-state index in [4.69, 9.17) is 0 Å². The first-order valence-corrected chi connectivity index (χ1v) is 7.77. The number of anilines is 2. The van der Waals surface area contributed by atoms with Gasteiger partial charge in [-0.05, 0) is 67.6 Å². The van der Waals surface area contributed by atoms with Crippen LogP contribution in [0.4, 0.5) is 11.4 Å². The van der Waals surface area contributed by atoms with E-state index in [0.29, 0.717) is 0 Å². The highest BCUT2D eigenvalue weighted by molar-refractivity contribution is 5.64. The normalized spacial score (nSPS) is 14.2. The molecule has 0 radical (unpaired) electrons. The molecule has 0 atom stereocenters. The molecule has 0 aliphatic heterocycles. The van der Waals surface area contributed by atoms with Crippen molar-refractivity contribution in [2.75, 3.05) is 11.9 Å². The zero-order valence-corrected chi connectivity index (χ0v) is 13.2. The molecular formula is C19H24N2. The molecule has 1 fully saturated rings. The Bertz CT molecular complexity index is 629. The third-order valence-electron chi connectivity index (χ3n) is 4.26. The monoisotopic (exact) mass is 280 g/mol. The standard InChI is InChI=1S/C19H24N2/c1-14-5-4-6-18(11-14)21(3)19-10-7-16(15(2)12-19)13-20-17-8-9-17/h4-7,10-12,17,20H,8-9,13H2,1-3H3. The van der Waals surface area contributed by atoms with Gasteiger partial charge in [0.2, 0.25) is 0 Å². The van der Waals surface area contributed by atoms with E-state index in [2.05, 4.69) is 73.6 Å². The van der Waals surface area contributed by atoms with Crippen molar-refractivity contribution in [2.24, 2.45) is 0 Å². The smallest absolute Gasteiger partial charge is 0.0410 e. The number of hydrogen-bond acceptors (Lipinski definition) is 2. The summed E-state index contributed by atoms with van der Waals surface area (Å²) in [4.78, 5) is 2.25. The third kappa shape index (κ3) is 3.45. The van der Waals surface area contributed by atoms with E-state index in [1.807, 2.05) is 0 Å². The lowest BCUT2D eigenvalue weighted by molar-refractivity contribution is 0.685. The zero-order valence-electron chi connectivity index (χ0n) is 13.2. The summed E-state index contributed by atoms with van der Waals surface area (Å²) in [5, 5.41) is 3.59. The molecule has 2 aromatic carbocycles. The van der Waals surface area contributed by atoms with E-state index in [1.165, 1.54) is 40.9 Å². The third-order valence-corrected chi connectivity index (χ3v) is 4.26. The molecule has 2 heteroatoms. The number of benzene rings is 2. The van der Waals surface area contributed by atoms with Gasteiger partial charge in [0.05, 0.1) is 0 Å². The van der Waals surface area contributed by atoms with Crippen LogP contribution in [0.3, 0.4) is 0 Å². The molecule has 1 aliphatic carbocycles. The van der Waals surface area contributed by atoms with Gasteiger partial charge in [0.25, 0.3) is 0 Å². The Morgan fingerprint density at radius 2 is 1.81 bits per heavy atom. The second kappa shape index (κ2) is 5.90. The summed E-state index contributed by atoms with van der Waals surface area (Å²) in [7, 11) is 2.13. The lowest BCUT2D eigenvalue weighted by Crippen LogP contribution is -2.16. The maximum atomic E-state index is 3.59. The summed E-state index contributed by atoms with van der Waals surface area (Å²) < 4.78 is 0. The molecule has 0 bridgehead atoms. The van der Waals surface area contributed by atoms with Crippen LogP contribution in [-0.4, -0.2) is 13.1 Å². The van der Waals surface area contributed by atoms with Gasteiger partial charge in [-0.15, -0.1) is 0 Å². The van der Waals surface area contributed by atoms with Crippen LogP contribution < -0.4 is 10.2 Å². The lowest BCUT2D eigenvalue weighted by atomic mass is 10.1. The zero-order chi connectivity index (χ0) is 14.8. The maximum Gasteiger partial charge on any atom is 0.0410 e. The van der Waals surface area contributed by atoms with Crippen LogP contribution in [0.15, 0.2) is 42.5 Å². The van der Waals surface area contributed by atoms with Gasteiger partial charge >= 0.3 is 0 Å². The summed E-state index contributed by atoms with van der Waals surface area (Å²) in [5.41, 5.74) is 6.54. The molecule has 0 heterocycles. The van der Waals surface area contributed by atoms with Gasteiger partial charge < -0.3 is 10.2 Å². The Balaban J connectivity index is 1.76. The van der Waals surface area contributed by atoms with Crippen molar-refractivity contribution in [2.45, 2.75) is 39.3 Å². The van der Waals surface area contributed by atoms with E-state index < -0.39 is 0 Å². The molecule has 21 heavy (non-hydrogen) atoms. The van der Waals surface area contributed by atoms with Gasteiger partial charge in [0.1, 0.15) is 0 Å². The summed E-state index contributed by atoms with van der Waals surface area (Å²) in [6.07, 6.45) is 2.68. The summed E-state index contributed by atoms with van der Waals surface area (Å²) in [6, 6.07) is 16.1. The fourth-order valence-corrected chi connectivity index (χ4v) is 2.61. The van der Waals surface area contributed by atoms with Crippen molar-refractivity contribution in [3.05, 3.63) is 59.2 Å². The molecular weight excluding hydrogens is 256 g/mol. The van der Waals surface area contributed by atoms with Crippen molar-refractivity contribution >= 4 is 11.4 Å². The Kier molecular flexibility index (Phi) is 3.98. The largest absolute Gasteiger partial charge is 0.345 e. The van der Waals surface area contributed by atoms with E-state index >= 15 is 0 Å². The molecule has 1 N–H and O–H groups in total. The van der Waals surface area contributed by atoms with Crippen molar-refractivity contribution in [1.29, 1.82) is 0 Å². The Morgan fingerprint density at radius 3 is 2.48 bits per heavy atom. The second-order valence-corrected chi connectivity index (χ2v) is 6.16. The molecule has 1 aliphatic rings. The predicted octanol–water partition coefficient (Wildman–Crippen LogP) is 4.32. The minimum atomic E-state index is 0.763. The molecule has 0 amide bonds. The van der Waals surface area contributed by atoms with Crippen LogP contribution in [0.1, 0.15) is 29.5 Å². The average Bonchev–Trinajstić information content (AvgIpc) is 3.29. The minimum Gasteiger partial charge on any atom is -0.345 e. The Labute approximate surface area is 127 Å². The van der Waals surface area contributed by atoms with E-state index in [0.717, 1.165) is 12.6 Å². The van der Waals surface area contributed by atoms with E-state index in [9.17, 15) is 0 Å². The van der Waals surface area contributed by atoms with Gasteiger partial charge in [0, 0.05) is 31.0 Å². The molecule has 3 rings (SSSR count). The van der Waals surface area contributed by atoms with Crippen LogP contribution in [0.25, 0.3) is 0 Å². The molecule has 0 spiro atoms. The van der Waals surface area contributed by atoms with Crippen LogP contribution in [0.5, 0.6) is 0 Å². The number of rotatable bonds is 5. The molecule has 2 nitrogen and oxygen atoms in total. The topological polar surface area (TPSA) is 15.3 Å². The minimum absolute atomic E-state index is 0.763. The van der Waals surface area contributed by atoms with Crippen LogP contribution >= 0.6 is 0 Å². The summed E-state index contributed by atoms with van der Waals surface area (Å²) in [6.45, 7) is 5.33. The number of nitrogens with one attached hydrogen (secondary N) is 1. The first-order valence-electron chi connectivity index (χ1n) is 7.77. The first kappa shape index (κ1) is 14.2. The van der Waals surface area contributed by atoms with Crippen molar-refractivity contribution in [1.82, 2.24) is 5.32 Å².